The van der Waals surface area contributed by atoms with Crippen LogP contribution in [0.15, 0.2) is 42.5 Å². The van der Waals surface area contributed by atoms with Crippen LogP contribution >= 0.6 is 0 Å². The molecule has 104 valence electrons. The molecule has 0 saturated heterocycles. The Morgan fingerprint density at radius 2 is 1.95 bits per heavy atom. The van der Waals surface area contributed by atoms with E-state index in [1.54, 1.807) is 31.2 Å². The predicted octanol–water partition coefficient (Wildman–Crippen LogP) is 3.24. The minimum atomic E-state index is -0.617. The zero-order valence-corrected chi connectivity index (χ0v) is 10.9. The average molecular weight is 276 g/mol. The van der Waals surface area contributed by atoms with Crippen molar-refractivity contribution in [3.63, 3.8) is 0 Å². The molecule has 2 aromatic carbocycles. The van der Waals surface area contributed by atoms with Crippen LogP contribution in [0.3, 0.4) is 0 Å². The molecule has 20 heavy (non-hydrogen) atoms. The van der Waals surface area contributed by atoms with E-state index in [-0.39, 0.29) is 6.04 Å². The van der Waals surface area contributed by atoms with Crippen LogP contribution in [0.25, 0.3) is 0 Å². The first-order valence-corrected chi connectivity index (χ1v) is 6.08. The summed E-state index contributed by atoms with van der Waals surface area (Å²) in [5, 5.41) is 3.04. The van der Waals surface area contributed by atoms with Crippen LogP contribution in [-0.2, 0) is 0 Å². The molecule has 3 N–H and O–H groups in total. The molecule has 5 heteroatoms. The highest BCUT2D eigenvalue weighted by Gasteiger charge is 2.12. The van der Waals surface area contributed by atoms with Crippen molar-refractivity contribution in [1.29, 1.82) is 0 Å². The topological polar surface area (TPSA) is 55.1 Å². The number of carbonyl (C=O) groups excluding carboxylic acids is 1. The molecule has 0 saturated carbocycles. The number of hydrogen-bond acceptors (Lipinski definition) is 2. The summed E-state index contributed by atoms with van der Waals surface area (Å²) in [4.78, 5) is 11.1. The van der Waals surface area contributed by atoms with Crippen LogP contribution in [0.4, 0.5) is 14.5 Å². The van der Waals surface area contributed by atoms with E-state index in [0.717, 1.165) is 6.07 Å². The number of halogens is 2. The first kappa shape index (κ1) is 14.0. The van der Waals surface area contributed by atoms with Gasteiger partial charge in [-0.3, -0.25) is 4.79 Å². The maximum absolute atomic E-state index is 13.7. The van der Waals surface area contributed by atoms with E-state index in [2.05, 4.69) is 5.32 Å². The van der Waals surface area contributed by atoms with E-state index in [1.807, 2.05) is 0 Å². The number of primary amides is 1. The van der Waals surface area contributed by atoms with Gasteiger partial charge in [0.1, 0.15) is 11.6 Å². The molecule has 3 nitrogen and oxygen atoms in total. The summed E-state index contributed by atoms with van der Waals surface area (Å²) < 4.78 is 26.5. The van der Waals surface area contributed by atoms with E-state index in [9.17, 15) is 13.6 Å². The SMILES string of the molecule is C[C@@H](Nc1cccc(C(N)=O)c1)c1ccc(F)cc1F. The fourth-order valence-electron chi connectivity index (χ4n) is 1.94. The Hall–Kier alpha value is -2.43. The second-order valence-corrected chi connectivity index (χ2v) is 4.48. The third-order valence-corrected chi connectivity index (χ3v) is 2.96. The predicted molar refractivity (Wildman–Crippen MR) is 73.4 cm³/mol. The van der Waals surface area contributed by atoms with Crippen molar-refractivity contribution in [1.82, 2.24) is 0 Å². The molecule has 0 aliphatic carbocycles. The van der Waals surface area contributed by atoms with Crippen molar-refractivity contribution in [2.24, 2.45) is 5.73 Å². The lowest BCUT2D eigenvalue weighted by atomic mass is 10.1. The lowest BCUT2D eigenvalue weighted by Gasteiger charge is -2.16. The molecule has 0 aliphatic rings. The van der Waals surface area contributed by atoms with Crippen molar-refractivity contribution in [2.75, 3.05) is 5.32 Å². The van der Waals surface area contributed by atoms with Gasteiger partial charge < -0.3 is 11.1 Å². The normalized spacial score (nSPS) is 11.9. The molecule has 0 heterocycles. The van der Waals surface area contributed by atoms with Gasteiger partial charge in [0.05, 0.1) is 6.04 Å². The highest BCUT2D eigenvalue weighted by molar-refractivity contribution is 5.93. The highest BCUT2D eigenvalue weighted by atomic mass is 19.1. The van der Waals surface area contributed by atoms with Gasteiger partial charge in [-0.2, -0.15) is 0 Å². The van der Waals surface area contributed by atoms with E-state index in [4.69, 9.17) is 5.73 Å². The number of nitrogens with one attached hydrogen (secondary N) is 1. The smallest absolute Gasteiger partial charge is 0.248 e. The van der Waals surface area contributed by atoms with Crippen LogP contribution in [-0.4, -0.2) is 5.91 Å². The van der Waals surface area contributed by atoms with Crippen LogP contribution < -0.4 is 11.1 Å². The Labute approximate surface area is 115 Å². The Morgan fingerprint density at radius 1 is 1.20 bits per heavy atom. The molecule has 0 spiro atoms. The molecule has 0 unspecified atom stereocenters. The van der Waals surface area contributed by atoms with Gasteiger partial charge >= 0.3 is 0 Å². The summed E-state index contributed by atoms with van der Waals surface area (Å²) in [6, 6.07) is 9.65. The average Bonchev–Trinajstić information content (AvgIpc) is 2.38. The first-order valence-electron chi connectivity index (χ1n) is 6.08. The van der Waals surface area contributed by atoms with Gasteiger partial charge in [-0.05, 0) is 31.2 Å². The van der Waals surface area contributed by atoms with Gasteiger partial charge in [0, 0.05) is 22.9 Å². The molecular weight excluding hydrogens is 262 g/mol. The number of nitrogens with two attached hydrogens (primary N) is 1. The highest BCUT2D eigenvalue weighted by Crippen LogP contribution is 2.22. The minimum Gasteiger partial charge on any atom is -0.378 e. The minimum absolute atomic E-state index is 0.343. The summed E-state index contributed by atoms with van der Waals surface area (Å²) >= 11 is 0. The van der Waals surface area contributed by atoms with Gasteiger partial charge in [0.25, 0.3) is 0 Å². The lowest BCUT2D eigenvalue weighted by Crippen LogP contribution is -2.12. The van der Waals surface area contributed by atoms with Crippen molar-refractivity contribution in [3.05, 3.63) is 65.2 Å². The molecule has 2 aromatic rings. The maximum atomic E-state index is 13.7. The van der Waals surface area contributed by atoms with Crippen LogP contribution in [0.2, 0.25) is 0 Å². The van der Waals surface area contributed by atoms with Gasteiger partial charge in [-0.25, -0.2) is 8.78 Å². The van der Waals surface area contributed by atoms with Gasteiger partial charge in [0.2, 0.25) is 5.91 Å². The molecule has 0 aliphatic heterocycles. The second kappa shape index (κ2) is 5.69. The van der Waals surface area contributed by atoms with Gasteiger partial charge in [-0.15, -0.1) is 0 Å². The second-order valence-electron chi connectivity index (χ2n) is 4.48. The molecule has 0 radical (unpaired) electrons. The number of anilines is 1. The summed E-state index contributed by atoms with van der Waals surface area (Å²) in [5.41, 5.74) is 6.54. The fourth-order valence-corrected chi connectivity index (χ4v) is 1.94. The van der Waals surface area contributed by atoms with Crippen molar-refractivity contribution in [3.8, 4) is 0 Å². The van der Waals surface area contributed by atoms with Crippen LogP contribution in [0.5, 0.6) is 0 Å². The molecule has 2 rings (SSSR count). The Morgan fingerprint density at radius 3 is 2.60 bits per heavy atom. The number of carbonyl (C=O) groups is 1. The Kier molecular flexibility index (Phi) is 3.98. The van der Waals surface area contributed by atoms with Crippen molar-refractivity contribution < 1.29 is 13.6 Å². The molecule has 1 amide bonds. The van der Waals surface area contributed by atoms with E-state index >= 15 is 0 Å². The molecule has 1 atom stereocenters. The Balaban J connectivity index is 2.21. The summed E-state index contributed by atoms with van der Waals surface area (Å²) in [5.74, 6) is -1.76. The van der Waals surface area contributed by atoms with E-state index in [0.29, 0.717) is 16.8 Å². The number of amides is 1. The van der Waals surface area contributed by atoms with Crippen LogP contribution in [0, 0.1) is 11.6 Å². The third-order valence-electron chi connectivity index (χ3n) is 2.96. The van der Waals surface area contributed by atoms with E-state index < -0.39 is 17.5 Å². The number of hydrogen-bond donors (Lipinski definition) is 2. The fraction of sp³-hybridized carbons (Fsp3) is 0.133. The lowest BCUT2D eigenvalue weighted by molar-refractivity contribution is 0.100. The first-order chi connectivity index (χ1) is 9.47. The Bertz CT molecular complexity index is 644. The molecule has 0 fully saturated rings. The standard InChI is InChI=1S/C15H14F2N2O/c1-9(13-6-5-11(16)8-14(13)17)19-12-4-2-3-10(7-12)15(18)20/h2-9,19H,1H3,(H2,18,20)/t9-/m1/s1. The van der Waals surface area contributed by atoms with Crippen molar-refractivity contribution in [2.45, 2.75) is 13.0 Å². The number of rotatable bonds is 4. The van der Waals surface area contributed by atoms with Crippen LogP contribution in [0.1, 0.15) is 28.9 Å². The van der Waals surface area contributed by atoms with Gasteiger partial charge in [-0.1, -0.05) is 12.1 Å². The molecule has 0 aromatic heterocycles. The van der Waals surface area contributed by atoms with Gasteiger partial charge in [0.15, 0.2) is 0 Å². The zero-order chi connectivity index (χ0) is 14.7. The summed E-state index contributed by atoms with van der Waals surface area (Å²) in [6.07, 6.45) is 0. The molecular formula is C15H14F2N2O. The summed E-state index contributed by atoms with van der Waals surface area (Å²) in [7, 11) is 0. The monoisotopic (exact) mass is 276 g/mol. The zero-order valence-electron chi connectivity index (χ0n) is 10.9. The third kappa shape index (κ3) is 3.12. The largest absolute Gasteiger partial charge is 0.378 e. The quantitative estimate of drug-likeness (QED) is 0.900. The maximum Gasteiger partial charge on any atom is 0.248 e. The number of benzene rings is 2. The van der Waals surface area contributed by atoms with E-state index in [1.165, 1.54) is 12.1 Å². The summed E-state index contributed by atoms with van der Waals surface area (Å²) in [6.45, 7) is 1.74. The molecule has 0 bridgehead atoms. The van der Waals surface area contributed by atoms with Crippen molar-refractivity contribution >= 4 is 11.6 Å².